The summed E-state index contributed by atoms with van der Waals surface area (Å²) in [5.41, 5.74) is 2.88. The third kappa shape index (κ3) is 12.8. The molecule has 0 atom stereocenters. The van der Waals surface area contributed by atoms with Crippen LogP contribution in [0.25, 0.3) is 0 Å². The summed E-state index contributed by atoms with van der Waals surface area (Å²) >= 11 is 0. The van der Waals surface area contributed by atoms with Gasteiger partial charge in [-0.15, -0.1) is 0 Å². The second-order valence-electron chi connectivity index (χ2n) is 8.14. The number of aromatic nitrogens is 2. The summed E-state index contributed by atoms with van der Waals surface area (Å²) in [6, 6.07) is 8.80. The second kappa shape index (κ2) is 19.0. The molecule has 0 radical (unpaired) electrons. The average Bonchev–Trinajstić information content (AvgIpc) is 2.74. The number of unbranched alkanes of at least 4 members (excludes halogenated alkanes) is 9. The van der Waals surface area contributed by atoms with E-state index in [0.29, 0.717) is 0 Å². The van der Waals surface area contributed by atoms with Gasteiger partial charge in [0, 0.05) is 36.1 Å². The van der Waals surface area contributed by atoms with Crippen molar-refractivity contribution in [3.63, 3.8) is 0 Å². The molecule has 0 amide bonds. The fourth-order valence-corrected chi connectivity index (χ4v) is 3.85. The largest absolute Gasteiger partial charge is 1.00 e. The molecule has 0 N–H and O–H groups in total. The lowest BCUT2D eigenvalue weighted by Crippen LogP contribution is -3.00. The van der Waals surface area contributed by atoms with Gasteiger partial charge in [0.1, 0.15) is 13.1 Å². The molecule has 170 valence electrons. The summed E-state index contributed by atoms with van der Waals surface area (Å²) in [6.45, 7) is 6.80. The number of nitrogens with zero attached hydrogens (tertiary/aromatic N) is 2. The molecule has 2 aromatic heterocycles. The van der Waals surface area contributed by atoms with Gasteiger partial charge < -0.3 is 34.0 Å². The molecule has 0 aliphatic carbocycles. The molecule has 0 aromatic carbocycles. The van der Waals surface area contributed by atoms with E-state index in [4.69, 9.17) is 0 Å². The van der Waals surface area contributed by atoms with Crippen LogP contribution >= 0.6 is 0 Å². The minimum Gasteiger partial charge on any atom is -1.00 e. The van der Waals surface area contributed by atoms with Crippen LogP contribution in [0.5, 0.6) is 0 Å². The maximum Gasteiger partial charge on any atom is 0.171 e. The number of halogens is 2. The van der Waals surface area contributed by atoms with E-state index in [1.54, 1.807) is 0 Å². The van der Waals surface area contributed by atoms with Crippen molar-refractivity contribution in [3.8, 4) is 0 Å². The number of hydrogen-bond acceptors (Lipinski definition) is 0. The zero-order chi connectivity index (χ0) is 19.9. The fraction of sp³-hybridized carbons (Fsp3) is 0.615. The molecule has 0 aliphatic rings. The van der Waals surface area contributed by atoms with Crippen LogP contribution < -0.4 is 43.1 Å². The predicted molar refractivity (Wildman–Crippen MR) is 118 cm³/mol. The lowest BCUT2D eigenvalue weighted by Gasteiger charge is -2.03. The number of hydrogen-bond donors (Lipinski definition) is 0. The van der Waals surface area contributed by atoms with Crippen molar-refractivity contribution in [1.82, 2.24) is 0 Å². The van der Waals surface area contributed by atoms with Gasteiger partial charge in [-0.1, -0.05) is 52.4 Å². The molecule has 0 bridgehead atoms. The van der Waals surface area contributed by atoms with Crippen LogP contribution in [0.4, 0.5) is 0 Å². The van der Waals surface area contributed by atoms with Crippen molar-refractivity contribution in [1.29, 1.82) is 0 Å². The van der Waals surface area contributed by atoms with Crippen molar-refractivity contribution in [3.05, 3.63) is 60.2 Å². The summed E-state index contributed by atoms with van der Waals surface area (Å²) in [5, 5.41) is 0. The molecule has 0 unspecified atom stereocenters. The summed E-state index contributed by atoms with van der Waals surface area (Å²) in [4.78, 5) is 0. The van der Waals surface area contributed by atoms with E-state index < -0.39 is 0 Å². The molecular weight excluding hydrogens is 500 g/mol. The van der Waals surface area contributed by atoms with Crippen LogP contribution in [-0.4, -0.2) is 0 Å². The highest BCUT2D eigenvalue weighted by Crippen LogP contribution is 2.10. The van der Waals surface area contributed by atoms with E-state index in [2.05, 4.69) is 72.0 Å². The quantitative estimate of drug-likeness (QED) is 0.221. The molecule has 0 saturated carbocycles. The van der Waals surface area contributed by atoms with Gasteiger partial charge in [0.15, 0.2) is 24.8 Å². The average molecular weight is 542 g/mol. The van der Waals surface area contributed by atoms with E-state index in [-0.39, 0.29) is 34.0 Å². The van der Waals surface area contributed by atoms with E-state index in [1.807, 2.05) is 0 Å². The number of rotatable bonds is 15. The third-order valence-electron chi connectivity index (χ3n) is 5.74. The molecule has 2 aromatic rings. The first-order valence-corrected chi connectivity index (χ1v) is 11.8. The monoisotopic (exact) mass is 540 g/mol. The van der Waals surface area contributed by atoms with Crippen LogP contribution in [0.3, 0.4) is 0 Å². The van der Waals surface area contributed by atoms with Crippen LogP contribution in [-0.2, 0) is 25.9 Å². The zero-order valence-corrected chi connectivity index (χ0v) is 22.3. The molecule has 2 heterocycles. The standard InChI is InChI=1S/C26H42N2.2BrH/c1-3-25-17-15-21-27(23-25)19-13-11-9-7-5-6-8-10-12-14-20-28-22-16-18-26(4-2)24-28;;/h15-18,21-24H,3-14,19-20H2,1-2H3;2*1H/q+2;;/p-2. The molecule has 0 saturated heterocycles. The molecule has 0 aliphatic heterocycles. The van der Waals surface area contributed by atoms with E-state index in [9.17, 15) is 0 Å². The van der Waals surface area contributed by atoms with Gasteiger partial charge in [-0.25, -0.2) is 9.13 Å². The van der Waals surface area contributed by atoms with Gasteiger partial charge >= 0.3 is 0 Å². The molecular formula is C26H42Br2N2. The molecule has 4 heteroatoms. The van der Waals surface area contributed by atoms with E-state index in [1.165, 1.54) is 88.4 Å². The van der Waals surface area contributed by atoms with Gasteiger partial charge in [-0.3, -0.25) is 0 Å². The molecule has 2 rings (SSSR count). The first-order chi connectivity index (χ1) is 13.8. The molecule has 0 spiro atoms. The Morgan fingerprint density at radius 1 is 0.533 bits per heavy atom. The Morgan fingerprint density at radius 2 is 0.867 bits per heavy atom. The lowest BCUT2D eigenvalue weighted by atomic mass is 10.1. The van der Waals surface area contributed by atoms with Gasteiger partial charge in [0.2, 0.25) is 0 Å². The van der Waals surface area contributed by atoms with E-state index in [0.717, 1.165) is 12.8 Å². The van der Waals surface area contributed by atoms with Crippen LogP contribution in [0.2, 0.25) is 0 Å². The van der Waals surface area contributed by atoms with Gasteiger partial charge in [-0.05, 0) is 37.8 Å². The van der Waals surface area contributed by atoms with Gasteiger partial charge in [0.25, 0.3) is 0 Å². The predicted octanol–water partition coefficient (Wildman–Crippen LogP) is -0.00440. The first kappa shape index (κ1) is 29.3. The summed E-state index contributed by atoms with van der Waals surface area (Å²) < 4.78 is 4.71. The first-order valence-electron chi connectivity index (χ1n) is 11.8. The Kier molecular flexibility index (Phi) is 18.5. The topological polar surface area (TPSA) is 7.76 Å². The maximum absolute atomic E-state index is 2.36. The SMILES string of the molecule is CCc1ccc[n+](CCCCCCCCCCCC[n+]2cccc(CC)c2)c1.[Br-].[Br-]. The van der Waals surface area contributed by atoms with Crippen molar-refractivity contribution in [2.75, 3.05) is 0 Å². The highest BCUT2D eigenvalue weighted by Gasteiger charge is 2.02. The summed E-state index contributed by atoms with van der Waals surface area (Å²) in [6.07, 6.45) is 25.1. The molecule has 0 fully saturated rings. The Bertz CT molecular complexity index is 603. The Labute approximate surface area is 206 Å². The normalized spacial score (nSPS) is 10.3. The zero-order valence-electron chi connectivity index (χ0n) is 19.2. The van der Waals surface area contributed by atoms with Crippen LogP contribution in [0.1, 0.15) is 89.2 Å². The van der Waals surface area contributed by atoms with Crippen molar-refractivity contribution >= 4 is 0 Å². The lowest BCUT2D eigenvalue weighted by molar-refractivity contribution is -0.697. The minimum atomic E-state index is 0. The highest BCUT2D eigenvalue weighted by molar-refractivity contribution is 5.04. The third-order valence-corrected chi connectivity index (χ3v) is 5.74. The van der Waals surface area contributed by atoms with E-state index >= 15 is 0 Å². The smallest absolute Gasteiger partial charge is 0.171 e. The Hall–Kier alpha value is -0.740. The maximum atomic E-state index is 2.36. The van der Waals surface area contributed by atoms with Crippen LogP contribution in [0.15, 0.2) is 49.1 Å². The number of aryl methyl sites for hydroxylation is 4. The van der Waals surface area contributed by atoms with Crippen molar-refractivity contribution in [2.24, 2.45) is 0 Å². The Morgan fingerprint density at radius 3 is 1.20 bits per heavy atom. The Balaban J connectivity index is 0.00000420. The molecule has 2 nitrogen and oxygen atoms in total. The van der Waals surface area contributed by atoms with Crippen molar-refractivity contribution < 1.29 is 43.1 Å². The van der Waals surface area contributed by atoms with Crippen LogP contribution in [0, 0.1) is 0 Å². The highest BCUT2D eigenvalue weighted by atomic mass is 79.9. The second-order valence-corrected chi connectivity index (χ2v) is 8.14. The summed E-state index contributed by atoms with van der Waals surface area (Å²) in [7, 11) is 0. The number of pyridine rings is 2. The van der Waals surface area contributed by atoms with Gasteiger partial charge in [-0.2, -0.15) is 0 Å². The fourth-order valence-electron chi connectivity index (χ4n) is 3.85. The minimum absolute atomic E-state index is 0. The molecule has 30 heavy (non-hydrogen) atoms. The summed E-state index contributed by atoms with van der Waals surface area (Å²) in [5.74, 6) is 0. The van der Waals surface area contributed by atoms with Gasteiger partial charge in [0.05, 0.1) is 0 Å². The van der Waals surface area contributed by atoms with Crippen molar-refractivity contribution in [2.45, 2.75) is 104 Å².